The molecule has 0 aliphatic rings. The predicted octanol–water partition coefficient (Wildman–Crippen LogP) is 3.37. The van der Waals surface area contributed by atoms with Gasteiger partial charge in [0.25, 0.3) is 0 Å². The van der Waals surface area contributed by atoms with Gasteiger partial charge in [0.2, 0.25) is 0 Å². The molecule has 0 saturated heterocycles. The van der Waals surface area contributed by atoms with E-state index in [4.69, 9.17) is 5.73 Å². The molecule has 3 N–H and O–H groups in total. The first-order valence-electron chi connectivity index (χ1n) is 5.92. The minimum Gasteiger partial charge on any atom is -0.384 e. The summed E-state index contributed by atoms with van der Waals surface area (Å²) < 4.78 is 0. The van der Waals surface area contributed by atoms with Gasteiger partial charge in [-0.3, -0.25) is 0 Å². The Balaban J connectivity index is 2.83. The molecule has 18 heavy (non-hydrogen) atoms. The number of aryl methyl sites for hydroxylation is 2. The van der Waals surface area contributed by atoms with Crippen LogP contribution in [0.4, 0.5) is 5.82 Å². The van der Waals surface area contributed by atoms with Crippen molar-refractivity contribution >= 4 is 5.82 Å². The minimum absolute atomic E-state index is 0.436. The monoisotopic (exact) mass is 239 g/mol. The van der Waals surface area contributed by atoms with Gasteiger partial charge in [-0.05, 0) is 55.5 Å². The molecule has 0 spiro atoms. The molecule has 1 heterocycles. The molecule has 0 aliphatic heterocycles. The molecule has 0 fully saturated rings. The van der Waals surface area contributed by atoms with Crippen LogP contribution in [0.5, 0.6) is 0 Å². The van der Waals surface area contributed by atoms with Crippen molar-refractivity contribution in [1.29, 1.82) is 5.26 Å². The van der Waals surface area contributed by atoms with Crippen molar-refractivity contribution in [2.24, 2.45) is 0 Å². The van der Waals surface area contributed by atoms with Gasteiger partial charge in [0, 0.05) is 11.8 Å². The van der Waals surface area contributed by atoms with Crippen LogP contribution in [0.25, 0.3) is 11.1 Å². The molecule has 0 atom stereocenters. The molecule has 0 aliphatic carbocycles. The number of hydrogen-bond donors (Lipinski definition) is 2. The van der Waals surface area contributed by atoms with Gasteiger partial charge >= 0.3 is 0 Å². The molecule has 3 nitrogen and oxygen atoms in total. The number of nitrogens with zero attached hydrogens (tertiary/aromatic N) is 1. The summed E-state index contributed by atoms with van der Waals surface area (Å²) in [6, 6.07) is 4.36. The number of anilines is 1. The Bertz CT molecular complexity index is 631. The average molecular weight is 239 g/mol. The van der Waals surface area contributed by atoms with Crippen molar-refractivity contribution in [3.05, 3.63) is 40.1 Å². The highest BCUT2D eigenvalue weighted by Crippen LogP contribution is 2.35. The van der Waals surface area contributed by atoms with Gasteiger partial charge in [-0.25, -0.2) is 0 Å². The fourth-order valence-corrected chi connectivity index (χ4v) is 2.38. The average Bonchev–Trinajstić information content (AvgIpc) is 2.68. The van der Waals surface area contributed by atoms with Gasteiger partial charge < -0.3 is 10.7 Å². The van der Waals surface area contributed by atoms with Crippen LogP contribution in [0.3, 0.4) is 0 Å². The number of nitrogen functional groups attached to an aromatic ring is 1. The van der Waals surface area contributed by atoms with Crippen LogP contribution < -0.4 is 5.73 Å². The first kappa shape index (κ1) is 12.3. The van der Waals surface area contributed by atoms with Gasteiger partial charge in [0.15, 0.2) is 0 Å². The standard InChI is InChI=1S/C15H17N3/c1-8-5-9(2)11(4)14(10(8)3)13-7-18-15(17)12(13)6-16/h5,7,18H,17H2,1-4H3. The predicted molar refractivity (Wildman–Crippen MR) is 74.3 cm³/mol. The Morgan fingerprint density at radius 1 is 1.11 bits per heavy atom. The summed E-state index contributed by atoms with van der Waals surface area (Å²) >= 11 is 0. The van der Waals surface area contributed by atoms with E-state index in [1.54, 1.807) is 0 Å². The lowest BCUT2D eigenvalue weighted by Gasteiger charge is -2.14. The number of hydrogen-bond acceptors (Lipinski definition) is 2. The summed E-state index contributed by atoms with van der Waals surface area (Å²) in [4.78, 5) is 2.94. The van der Waals surface area contributed by atoms with E-state index in [1.807, 2.05) is 6.20 Å². The van der Waals surface area contributed by atoms with E-state index >= 15 is 0 Å². The van der Waals surface area contributed by atoms with Crippen LogP contribution in [-0.2, 0) is 0 Å². The van der Waals surface area contributed by atoms with Gasteiger partial charge in [-0.1, -0.05) is 6.07 Å². The number of H-pyrrole nitrogens is 1. The lowest BCUT2D eigenvalue weighted by molar-refractivity contribution is 1.24. The Kier molecular flexibility index (Phi) is 2.88. The Morgan fingerprint density at radius 2 is 1.67 bits per heavy atom. The highest BCUT2D eigenvalue weighted by atomic mass is 14.8. The van der Waals surface area contributed by atoms with E-state index in [0.717, 1.165) is 11.1 Å². The molecule has 92 valence electrons. The van der Waals surface area contributed by atoms with Crippen molar-refractivity contribution in [3.63, 3.8) is 0 Å². The lowest BCUT2D eigenvalue weighted by Crippen LogP contribution is -1.96. The third kappa shape index (κ3) is 1.67. The van der Waals surface area contributed by atoms with E-state index in [9.17, 15) is 5.26 Å². The second kappa shape index (κ2) is 4.23. The van der Waals surface area contributed by atoms with E-state index in [1.165, 1.54) is 22.3 Å². The zero-order valence-corrected chi connectivity index (χ0v) is 11.2. The molecular weight excluding hydrogens is 222 g/mol. The van der Waals surface area contributed by atoms with Crippen LogP contribution in [0.1, 0.15) is 27.8 Å². The van der Waals surface area contributed by atoms with Crippen LogP contribution in [0.2, 0.25) is 0 Å². The molecule has 0 amide bonds. The van der Waals surface area contributed by atoms with Gasteiger partial charge in [0.1, 0.15) is 17.5 Å². The van der Waals surface area contributed by atoms with Crippen LogP contribution in [-0.4, -0.2) is 4.98 Å². The quantitative estimate of drug-likeness (QED) is 0.801. The second-order valence-electron chi connectivity index (χ2n) is 4.74. The highest BCUT2D eigenvalue weighted by Gasteiger charge is 2.16. The zero-order valence-electron chi connectivity index (χ0n) is 11.2. The summed E-state index contributed by atoms with van der Waals surface area (Å²) in [5.41, 5.74) is 13.2. The first-order valence-corrected chi connectivity index (χ1v) is 5.92. The highest BCUT2D eigenvalue weighted by molar-refractivity contribution is 5.81. The molecule has 0 saturated carbocycles. The molecule has 1 aromatic carbocycles. The maximum Gasteiger partial charge on any atom is 0.119 e. The molecule has 1 aromatic heterocycles. The van der Waals surface area contributed by atoms with E-state index in [-0.39, 0.29) is 0 Å². The summed E-state index contributed by atoms with van der Waals surface area (Å²) in [6.07, 6.45) is 1.82. The third-order valence-electron chi connectivity index (χ3n) is 3.66. The largest absolute Gasteiger partial charge is 0.384 e. The minimum atomic E-state index is 0.436. The molecule has 3 heteroatoms. The van der Waals surface area contributed by atoms with Crippen molar-refractivity contribution in [3.8, 4) is 17.2 Å². The third-order valence-corrected chi connectivity index (χ3v) is 3.66. The maximum absolute atomic E-state index is 9.22. The van der Waals surface area contributed by atoms with Crippen molar-refractivity contribution in [1.82, 2.24) is 4.98 Å². The van der Waals surface area contributed by atoms with Crippen molar-refractivity contribution in [2.45, 2.75) is 27.7 Å². The SMILES string of the molecule is Cc1cc(C)c(C)c(-c2c[nH]c(N)c2C#N)c1C. The second-order valence-corrected chi connectivity index (χ2v) is 4.74. The number of aromatic nitrogens is 1. The van der Waals surface area contributed by atoms with E-state index in [2.05, 4.69) is 44.8 Å². The van der Waals surface area contributed by atoms with Crippen molar-refractivity contribution in [2.75, 3.05) is 5.73 Å². The van der Waals surface area contributed by atoms with Crippen LogP contribution in [0.15, 0.2) is 12.3 Å². The molecule has 0 bridgehead atoms. The maximum atomic E-state index is 9.22. The number of nitriles is 1. The fraction of sp³-hybridized carbons (Fsp3) is 0.267. The topological polar surface area (TPSA) is 65.6 Å². The summed E-state index contributed by atoms with van der Waals surface area (Å²) in [7, 11) is 0. The van der Waals surface area contributed by atoms with E-state index < -0.39 is 0 Å². The Morgan fingerprint density at radius 3 is 2.17 bits per heavy atom. The number of nitrogens with two attached hydrogens (primary N) is 1. The van der Waals surface area contributed by atoms with Gasteiger partial charge in [-0.15, -0.1) is 0 Å². The number of aromatic amines is 1. The van der Waals surface area contributed by atoms with Gasteiger partial charge in [0.05, 0.1) is 0 Å². The molecule has 2 rings (SSSR count). The lowest BCUT2D eigenvalue weighted by atomic mass is 9.89. The molecular formula is C15H17N3. The Labute approximate surface area is 107 Å². The fourth-order valence-electron chi connectivity index (χ4n) is 2.38. The summed E-state index contributed by atoms with van der Waals surface area (Å²) in [5, 5.41) is 9.22. The zero-order chi connectivity index (χ0) is 13.4. The van der Waals surface area contributed by atoms with Crippen LogP contribution in [0, 0.1) is 39.0 Å². The number of benzene rings is 1. The smallest absolute Gasteiger partial charge is 0.119 e. The molecule has 0 radical (unpaired) electrons. The number of nitrogens with one attached hydrogen (secondary N) is 1. The molecule has 2 aromatic rings. The first-order chi connectivity index (χ1) is 8.47. The Hall–Kier alpha value is -2.21. The van der Waals surface area contributed by atoms with E-state index in [0.29, 0.717) is 11.4 Å². The summed E-state index contributed by atoms with van der Waals surface area (Å²) in [5.74, 6) is 0.436. The summed E-state index contributed by atoms with van der Waals surface area (Å²) in [6.45, 7) is 8.35. The van der Waals surface area contributed by atoms with Crippen molar-refractivity contribution < 1.29 is 0 Å². The normalized spacial score (nSPS) is 10.4. The number of rotatable bonds is 1. The van der Waals surface area contributed by atoms with Crippen LogP contribution >= 0.6 is 0 Å². The molecule has 0 unspecified atom stereocenters. The van der Waals surface area contributed by atoms with Gasteiger partial charge in [-0.2, -0.15) is 5.26 Å².